The maximum atomic E-state index is 12.7. The van der Waals surface area contributed by atoms with Crippen molar-refractivity contribution in [3.05, 3.63) is 46.9 Å². The molecule has 3 aromatic rings. The van der Waals surface area contributed by atoms with Crippen LogP contribution in [0.1, 0.15) is 31.5 Å². The average molecular weight is 382 g/mol. The van der Waals surface area contributed by atoms with Gasteiger partial charge >= 0.3 is 5.69 Å². The van der Waals surface area contributed by atoms with Crippen molar-refractivity contribution in [2.45, 2.75) is 32.2 Å². The molecule has 2 aromatic heterocycles. The van der Waals surface area contributed by atoms with Crippen LogP contribution >= 0.6 is 0 Å². The molecule has 1 N–H and O–H groups in total. The SMILES string of the molecule is CCn1c([C@@H]2CCCN(C(=O)COc3ncnc4ccccc34)C2)n[nH]c1=O. The first kappa shape index (κ1) is 18.1. The van der Waals surface area contributed by atoms with Gasteiger partial charge in [0.1, 0.15) is 12.2 Å². The van der Waals surface area contributed by atoms with Crippen LogP contribution in [-0.2, 0) is 11.3 Å². The lowest BCUT2D eigenvalue weighted by Crippen LogP contribution is -2.42. The quantitative estimate of drug-likeness (QED) is 0.713. The van der Waals surface area contributed by atoms with Gasteiger partial charge in [-0.3, -0.25) is 9.36 Å². The number of fused-ring (bicyclic) bond motifs is 1. The van der Waals surface area contributed by atoms with Crippen LogP contribution in [0, 0.1) is 0 Å². The van der Waals surface area contributed by atoms with E-state index in [0.29, 0.717) is 31.3 Å². The summed E-state index contributed by atoms with van der Waals surface area (Å²) >= 11 is 0. The molecule has 1 saturated heterocycles. The first-order valence-electron chi connectivity index (χ1n) is 9.42. The maximum Gasteiger partial charge on any atom is 0.343 e. The number of para-hydroxylation sites is 1. The second-order valence-corrected chi connectivity index (χ2v) is 6.79. The van der Waals surface area contributed by atoms with Gasteiger partial charge < -0.3 is 9.64 Å². The van der Waals surface area contributed by atoms with Crippen molar-refractivity contribution in [3.63, 3.8) is 0 Å². The van der Waals surface area contributed by atoms with Crippen molar-refractivity contribution in [2.24, 2.45) is 0 Å². The summed E-state index contributed by atoms with van der Waals surface area (Å²) in [6.45, 7) is 3.57. The van der Waals surface area contributed by atoms with Gasteiger partial charge in [-0.05, 0) is 31.9 Å². The average Bonchev–Trinajstić information content (AvgIpc) is 3.12. The van der Waals surface area contributed by atoms with E-state index in [-0.39, 0.29) is 24.1 Å². The van der Waals surface area contributed by atoms with Crippen molar-refractivity contribution < 1.29 is 9.53 Å². The number of nitrogens with zero attached hydrogens (tertiary/aromatic N) is 5. The number of H-pyrrole nitrogens is 1. The van der Waals surface area contributed by atoms with Crippen LogP contribution < -0.4 is 10.4 Å². The third-order valence-electron chi connectivity index (χ3n) is 5.08. The van der Waals surface area contributed by atoms with Crippen molar-refractivity contribution in [3.8, 4) is 5.88 Å². The molecule has 9 nitrogen and oxygen atoms in total. The fourth-order valence-corrected chi connectivity index (χ4v) is 3.68. The summed E-state index contributed by atoms with van der Waals surface area (Å²) in [5.41, 5.74) is 0.564. The highest BCUT2D eigenvalue weighted by Gasteiger charge is 2.28. The Morgan fingerprint density at radius 3 is 3.04 bits per heavy atom. The molecule has 3 heterocycles. The Bertz CT molecular complexity index is 1040. The standard InChI is InChI=1S/C19H22N6O3/c1-2-25-17(22-23-19(25)27)13-6-5-9-24(10-13)16(26)11-28-18-14-7-3-4-8-15(14)20-12-21-18/h3-4,7-8,12-13H,2,5-6,9-11H2,1H3,(H,23,27)/t13-/m1/s1. The van der Waals surface area contributed by atoms with E-state index < -0.39 is 0 Å². The minimum absolute atomic E-state index is 0.0384. The normalized spacial score (nSPS) is 17.0. The summed E-state index contributed by atoms with van der Waals surface area (Å²) in [5, 5.41) is 7.46. The molecule has 4 rings (SSSR count). The van der Waals surface area contributed by atoms with Crippen LogP contribution in [-0.4, -0.2) is 55.2 Å². The number of aromatic amines is 1. The number of benzene rings is 1. The summed E-state index contributed by atoms with van der Waals surface area (Å²) in [5.74, 6) is 1.05. The van der Waals surface area contributed by atoms with Gasteiger partial charge in [0.25, 0.3) is 5.91 Å². The Hall–Kier alpha value is -3.23. The molecule has 1 fully saturated rings. The minimum Gasteiger partial charge on any atom is -0.467 e. The number of aromatic nitrogens is 5. The first-order chi connectivity index (χ1) is 13.7. The third kappa shape index (κ3) is 3.47. The Morgan fingerprint density at radius 1 is 1.32 bits per heavy atom. The van der Waals surface area contributed by atoms with Crippen LogP contribution in [0.4, 0.5) is 0 Å². The summed E-state index contributed by atoms with van der Waals surface area (Å²) in [4.78, 5) is 34.7. The number of amides is 1. The number of piperidine rings is 1. The molecule has 0 aliphatic carbocycles. The highest BCUT2D eigenvalue weighted by Crippen LogP contribution is 2.25. The predicted molar refractivity (Wildman–Crippen MR) is 102 cm³/mol. The van der Waals surface area contributed by atoms with Crippen LogP contribution in [0.15, 0.2) is 35.4 Å². The number of likely N-dealkylation sites (tertiary alicyclic amines) is 1. The van der Waals surface area contributed by atoms with E-state index in [4.69, 9.17) is 4.74 Å². The van der Waals surface area contributed by atoms with Crippen molar-refractivity contribution in [2.75, 3.05) is 19.7 Å². The summed E-state index contributed by atoms with van der Waals surface area (Å²) in [6.07, 6.45) is 3.18. The molecule has 0 unspecified atom stereocenters. The molecule has 1 atom stereocenters. The molecule has 146 valence electrons. The molecule has 0 radical (unpaired) electrons. The highest BCUT2D eigenvalue weighted by atomic mass is 16.5. The number of ether oxygens (including phenoxy) is 1. The monoisotopic (exact) mass is 382 g/mol. The van der Waals surface area contributed by atoms with Crippen LogP contribution in [0.3, 0.4) is 0 Å². The Morgan fingerprint density at radius 2 is 2.18 bits per heavy atom. The summed E-state index contributed by atoms with van der Waals surface area (Å²) in [6, 6.07) is 7.52. The van der Waals surface area contributed by atoms with Crippen molar-refractivity contribution in [1.82, 2.24) is 29.6 Å². The number of carbonyl (C=O) groups excluding carboxylic acids is 1. The van der Waals surface area contributed by atoms with E-state index in [1.807, 2.05) is 31.2 Å². The molecule has 1 aliphatic rings. The second-order valence-electron chi connectivity index (χ2n) is 6.79. The second kappa shape index (κ2) is 7.79. The third-order valence-corrected chi connectivity index (χ3v) is 5.08. The first-order valence-corrected chi connectivity index (χ1v) is 9.42. The van der Waals surface area contributed by atoms with Gasteiger partial charge in [-0.1, -0.05) is 12.1 Å². The van der Waals surface area contributed by atoms with Gasteiger partial charge in [-0.2, -0.15) is 5.10 Å². The van der Waals surface area contributed by atoms with Crippen LogP contribution in [0.5, 0.6) is 5.88 Å². The zero-order chi connectivity index (χ0) is 19.5. The lowest BCUT2D eigenvalue weighted by Gasteiger charge is -2.32. The van der Waals surface area contributed by atoms with Crippen molar-refractivity contribution >= 4 is 16.8 Å². The minimum atomic E-state index is -0.208. The topological polar surface area (TPSA) is 106 Å². The Balaban J connectivity index is 1.44. The number of hydrogen-bond acceptors (Lipinski definition) is 6. The fourth-order valence-electron chi connectivity index (χ4n) is 3.68. The van der Waals surface area contributed by atoms with Gasteiger partial charge in [0.2, 0.25) is 5.88 Å². The zero-order valence-corrected chi connectivity index (χ0v) is 15.7. The predicted octanol–water partition coefficient (Wildman–Crippen LogP) is 1.32. The molecule has 1 amide bonds. The smallest absolute Gasteiger partial charge is 0.343 e. The zero-order valence-electron chi connectivity index (χ0n) is 15.7. The molecular formula is C19H22N6O3. The molecule has 1 aliphatic heterocycles. The van der Waals surface area contributed by atoms with E-state index in [1.54, 1.807) is 9.47 Å². The van der Waals surface area contributed by atoms with E-state index in [1.165, 1.54) is 6.33 Å². The van der Waals surface area contributed by atoms with E-state index >= 15 is 0 Å². The molecule has 0 saturated carbocycles. The number of hydrogen-bond donors (Lipinski definition) is 1. The summed E-state index contributed by atoms with van der Waals surface area (Å²) in [7, 11) is 0. The van der Waals surface area contributed by atoms with E-state index in [2.05, 4.69) is 20.2 Å². The van der Waals surface area contributed by atoms with E-state index in [0.717, 1.165) is 23.7 Å². The van der Waals surface area contributed by atoms with Gasteiger partial charge in [0, 0.05) is 25.6 Å². The Labute approximate surface area is 161 Å². The lowest BCUT2D eigenvalue weighted by atomic mass is 9.97. The van der Waals surface area contributed by atoms with Crippen molar-refractivity contribution in [1.29, 1.82) is 0 Å². The molecule has 9 heteroatoms. The number of carbonyl (C=O) groups is 1. The molecule has 0 spiro atoms. The summed E-state index contributed by atoms with van der Waals surface area (Å²) < 4.78 is 7.33. The number of nitrogens with one attached hydrogen (secondary N) is 1. The van der Waals surface area contributed by atoms with Gasteiger partial charge in [0.15, 0.2) is 6.61 Å². The molecule has 1 aromatic carbocycles. The van der Waals surface area contributed by atoms with Gasteiger partial charge in [-0.15, -0.1) is 0 Å². The van der Waals surface area contributed by atoms with Crippen LogP contribution in [0.2, 0.25) is 0 Å². The molecule has 0 bridgehead atoms. The van der Waals surface area contributed by atoms with Gasteiger partial charge in [-0.25, -0.2) is 19.9 Å². The highest BCUT2D eigenvalue weighted by molar-refractivity contribution is 5.84. The van der Waals surface area contributed by atoms with Gasteiger partial charge in [0.05, 0.1) is 10.9 Å². The van der Waals surface area contributed by atoms with Crippen LogP contribution in [0.25, 0.3) is 10.9 Å². The maximum absolute atomic E-state index is 12.7. The Kier molecular flexibility index (Phi) is 5.05. The lowest BCUT2D eigenvalue weighted by molar-refractivity contribution is -0.134. The van der Waals surface area contributed by atoms with E-state index in [9.17, 15) is 9.59 Å². The fraction of sp³-hybridized carbons (Fsp3) is 0.421. The largest absolute Gasteiger partial charge is 0.467 e. The molecular weight excluding hydrogens is 360 g/mol. The number of rotatable bonds is 5. The molecule has 28 heavy (non-hydrogen) atoms.